The van der Waals surface area contributed by atoms with Crippen molar-refractivity contribution >= 4 is 0 Å². The third-order valence-corrected chi connectivity index (χ3v) is 3.56. The number of hydrogen-bond acceptors (Lipinski definition) is 3. The van der Waals surface area contributed by atoms with Gasteiger partial charge in [-0.3, -0.25) is 0 Å². The van der Waals surface area contributed by atoms with E-state index in [0.717, 1.165) is 19.1 Å². The standard InChI is InChI=1S/C14H30N2O/c1-13(2)15-8-4-5-9-16-10-6-14(7-11-16)12-17-3/h13-15H,4-12H2,1-3H3. The molecule has 17 heavy (non-hydrogen) atoms. The van der Waals surface area contributed by atoms with Crippen molar-refractivity contribution in [1.29, 1.82) is 0 Å². The van der Waals surface area contributed by atoms with Crippen molar-refractivity contribution in [1.82, 2.24) is 10.2 Å². The number of nitrogens with one attached hydrogen (secondary N) is 1. The lowest BCUT2D eigenvalue weighted by Gasteiger charge is -2.31. The quantitative estimate of drug-likeness (QED) is 0.660. The zero-order valence-electron chi connectivity index (χ0n) is 11.9. The number of ether oxygens (including phenoxy) is 1. The highest BCUT2D eigenvalue weighted by Crippen LogP contribution is 2.17. The van der Waals surface area contributed by atoms with E-state index in [1.54, 1.807) is 0 Å². The van der Waals surface area contributed by atoms with Gasteiger partial charge in [-0.25, -0.2) is 0 Å². The maximum Gasteiger partial charge on any atom is 0.0491 e. The van der Waals surface area contributed by atoms with Crippen molar-refractivity contribution < 1.29 is 4.74 Å². The second-order valence-corrected chi connectivity index (χ2v) is 5.56. The Balaban J connectivity index is 1.95. The molecule has 1 heterocycles. The van der Waals surface area contributed by atoms with Crippen molar-refractivity contribution in [2.24, 2.45) is 5.92 Å². The van der Waals surface area contributed by atoms with E-state index in [9.17, 15) is 0 Å². The van der Waals surface area contributed by atoms with Gasteiger partial charge in [-0.15, -0.1) is 0 Å². The SMILES string of the molecule is COCC1CCN(CCCCNC(C)C)CC1. The molecule has 0 radical (unpaired) electrons. The van der Waals surface area contributed by atoms with Crippen LogP contribution in [0.1, 0.15) is 39.5 Å². The molecule has 1 N–H and O–H groups in total. The Morgan fingerprint density at radius 1 is 1.24 bits per heavy atom. The molecule has 3 nitrogen and oxygen atoms in total. The molecule has 0 spiro atoms. The first-order valence-electron chi connectivity index (χ1n) is 7.17. The number of nitrogens with zero attached hydrogens (tertiary/aromatic N) is 1. The van der Waals surface area contributed by atoms with Gasteiger partial charge in [0.1, 0.15) is 0 Å². The van der Waals surface area contributed by atoms with Crippen LogP contribution in [0.5, 0.6) is 0 Å². The van der Waals surface area contributed by atoms with E-state index in [1.165, 1.54) is 45.3 Å². The van der Waals surface area contributed by atoms with Gasteiger partial charge in [0.2, 0.25) is 0 Å². The molecule has 0 aromatic carbocycles. The predicted molar refractivity (Wildman–Crippen MR) is 73.4 cm³/mol. The minimum atomic E-state index is 0.625. The fourth-order valence-corrected chi connectivity index (χ4v) is 2.46. The van der Waals surface area contributed by atoms with Gasteiger partial charge in [-0.1, -0.05) is 13.8 Å². The summed E-state index contributed by atoms with van der Waals surface area (Å²) in [5.41, 5.74) is 0. The van der Waals surface area contributed by atoms with Gasteiger partial charge < -0.3 is 15.0 Å². The normalized spacial score (nSPS) is 19.1. The summed E-state index contributed by atoms with van der Waals surface area (Å²) in [4.78, 5) is 2.61. The Bertz CT molecular complexity index is 177. The molecule has 0 saturated carbocycles. The summed E-state index contributed by atoms with van der Waals surface area (Å²) in [5, 5.41) is 3.47. The Kier molecular flexibility index (Phi) is 7.82. The smallest absolute Gasteiger partial charge is 0.0491 e. The zero-order valence-corrected chi connectivity index (χ0v) is 11.9. The molecular formula is C14H30N2O. The molecule has 1 saturated heterocycles. The topological polar surface area (TPSA) is 24.5 Å². The Hall–Kier alpha value is -0.120. The molecule has 1 aliphatic rings. The van der Waals surface area contributed by atoms with Crippen LogP contribution >= 0.6 is 0 Å². The van der Waals surface area contributed by atoms with Crippen LogP contribution in [0.4, 0.5) is 0 Å². The van der Waals surface area contributed by atoms with E-state index in [0.29, 0.717) is 6.04 Å². The molecular weight excluding hydrogens is 212 g/mol. The molecule has 0 amide bonds. The van der Waals surface area contributed by atoms with Crippen LogP contribution in [0.25, 0.3) is 0 Å². The summed E-state index contributed by atoms with van der Waals surface area (Å²) in [5.74, 6) is 0.804. The van der Waals surface area contributed by atoms with Gasteiger partial charge in [0, 0.05) is 19.8 Å². The van der Waals surface area contributed by atoms with Crippen molar-refractivity contribution in [2.45, 2.75) is 45.6 Å². The zero-order chi connectivity index (χ0) is 12.5. The molecule has 0 aromatic heterocycles. The summed E-state index contributed by atoms with van der Waals surface area (Å²) in [6.07, 6.45) is 5.26. The third-order valence-electron chi connectivity index (χ3n) is 3.56. The Morgan fingerprint density at radius 3 is 2.53 bits per heavy atom. The lowest BCUT2D eigenvalue weighted by molar-refractivity contribution is 0.0988. The van der Waals surface area contributed by atoms with Crippen LogP contribution in [-0.2, 0) is 4.74 Å². The van der Waals surface area contributed by atoms with Gasteiger partial charge in [-0.2, -0.15) is 0 Å². The average Bonchev–Trinajstić information content (AvgIpc) is 2.31. The minimum Gasteiger partial charge on any atom is -0.384 e. The van der Waals surface area contributed by atoms with E-state index in [2.05, 4.69) is 24.1 Å². The molecule has 1 rings (SSSR count). The van der Waals surface area contributed by atoms with Crippen molar-refractivity contribution in [3.05, 3.63) is 0 Å². The maximum absolute atomic E-state index is 5.23. The first kappa shape index (κ1) is 14.9. The second-order valence-electron chi connectivity index (χ2n) is 5.56. The van der Waals surface area contributed by atoms with Gasteiger partial charge >= 0.3 is 0 Å². The first-order valence-corrected chi connectivity index (χ1v) is 7.17. The van der Waals surface area contributed by atoms with Crippen LogP contribution in [0.2, 0.25) is 0 Å². The largest absolute Gasteiger partial charge is 0.384 e. The summed E-state index contributed by atoms with van der Waals surface area (Å²) >= 11 is 0. The Labute approximate surface area is 107 Å². The highest BCUT2D eigenvalue weighted by Gasteiger charge is 2.18. The molecule has 0 unspecified atom stereocenters. The van der Waals surface area contributed by atoms with E-state index < -0.39 is 0 Å². The van der Waals surface area contributed by atoms with E-state index in [-0.39, 0.29) is 0 Å². The number of piperidine rings is 1. The van der Waals surface area contributed by atoms with Crippen LogP contribution in [0.15, 0.2) is 0 Å². The fourth-order valence-electron chi connectivity index (χ4n) is 2.46. The van der Waals surface area contributed by atoms with Crippen LogP contribution in [-0.4, -0.2) is 50.8 Å². The monoisotopic (exact) mass is 242 g/mol. The number of rotatable bonds is 8. The number of likely N-dealkylation sites (tertiary alicyclic amines) is 1. The highest BCUT2D eigenvalue weighted by molar-refractivity contribution is 4.72. The molecule has 1 fully saturated rings. The molecule has 1 aliphatic heterocycles. The number of hydrogen-bond donors (Lipinski definition) is 1. The minimum absolute atomic E-state index is 0.625. The molecule has 0 bridgehead atoms. The van der Waals surface area contributed by atoms with E-state index in [1.807, 2.05) is 7.11 Å². The van der Waals surface area contributed by atoms with Crippen LogP contribution in [0.3, 0.4) is 0 Å². The lowest BCUT2D eigenvalue weighted by atomic mass is 9.98. The molecule has 0 aliphatic carbocycles. The average molecular weight is 242 g/mol. The van der Waals surface area contributed by atoms with Gasteiger partial charge in [-0.05, 0) is 57.8 Å². The fraction of sp³-hybridized carbons (Fsp3) is 1.00. The Morgan fingerprint density at radius 2 is 1.94 bits per heavy atom. The summed E-state index contributed by atoms with van der Waals surface area (Å²) in [7, 11) is 1.81. The summed E-state index contributed by atoms with van der Waals surface area (Å²) in [6.45, 7) is 10.3. The van der Waals surface area contributed by atoms with E-state index in [4.69, 9.17) is 4.74 Å². The maximum atomic E-state index is 5.23. The number of unbranched alkanes of at least 4 members (excludes halogenated alkanes) is 1. The summed E-state index contributed by atoms with van der Waals surface area (Å²) in [6, 6.07) is 0.625. The first-order chi connectivity index (χ1) is 8.22. The number of methoxy groups -OCH3 is 1. The second kappa shape index (κ2) is 8.90. The van der Waals surface area contributed by atoms with Gasteiger partial charge in [0.05, 0.1) is 0 Å². The van der Waals surface area contributed by atoms with Crippen LogP contribution in [0, 0.1) is 5.92 Å². The highest BCUT2D eigenvalue weighted by atomic mass is 16.5. The van der Waals surface area contributed by atoms with Gasteiger partial charge in [0.15, 0.2) is 0 Å². The van der Waals surface area contributed by atoms with E-state index >= 15 is 0 Å². The molecule has 3 heteroatoms. The van der Waals surface area contributed by atoms with Crippen molar-refractivity contribution in [3.8, 4) is 0 Å². The van der Waals surface area contributed by atoms with Crippen molar-refractivity contribution in [2.75, 3.05) is 39.9 Å². The molecule has 0 atom stereocenters. The van der Waals surface area contributed by atoms with Gasteiger partial charge in [0.25, 0.3) is 0 Å². The lowest BCUT2D eigenvalue weighted by Crippen LogP contribution is -2.36. The molecule has 102 valence electrons. The predicted octanol–water partition coefficient (Wildman–Crippen LogP) is 2.12. The van der Waals surface area contributed by atoms with Crippen molar-refractivity contribution in [3.63, 3.8) is 0 Å². The van der Waals surface area contributed by atoms with Crippen LogP contribution < -0.4 is 5.32 Å². The molecule has 0 aromatic rings. The third kappa shape index (κ3) is 7.02. The summed E-state index contributed by atoms with van der Waals surface area (Å²) < 4.78 is 5.23.